The third-order valence-corrected chi connectivity index (χ3v) is 7.01. The lowest BCUT2D eigenvalue weighted by molar-refractivity contribution is 0.178. The zero-order chi connectivity index (χ0) is 21.3. The van der Waals surface area contributed by atoms with Gasteiger partial charge in [0.1, 0.15) is 18.2 Å². The number of nitrogens with zero attached hydrogens (tertiary/aromatic N) is 4. The van der Waals surface area contributed by atoms with Crippen molar-refractivity contribution in [1.29, 1.82) is 0 Å². The molecule has 0 bridgehead atoms. The summed E-state index contributed by atoms with van der Waals surface area (Å²) in [5, 5.41) is 0. The Labute approximate surface area is 176 Å². The van der Waals surface area contributed by atoms with Gasteiger partial charge in [-0.05, 0) is 31.7 Å². The molecule has 1 atom stereocenters. The van der Waals surface area contributed by atoms with Gasteiger partial charge in [0, 0.05) is 30.8 Å². The van der Waals surface area contributed by atoms with Gasteiger partial charge in [0.2, 0.25) is 10.0 Å². The van der Waals surface area contributed by atoms with Crippen molar-refractivity contribution in [2.24, 2.45) is 0 Å². The Balaban J connectivity index is 1.55. The molecule has 1 aromatic carbocycles. The van der Waals surface area contributed by atoms with E-state index in [1.165, 1.54) is 10.6 Å². The lowest BCUT2D eigenvalue weighted by Crippen LogP contribution is -2.38. The minimum absolute atomic E-state index is 0.130. The normalized spacial score (nSPS) is 21.1. The minimum atomic E-state index is -3.17. The maximum Gasteiger partial charge on any atom is 0.415 e. The summed E-state index contributed by atoms with van der Waals surface area (Å²) in [4.78, 5) is 23.2. The summed E-state index contributed by atoms with van der Waals surface area (Å²) in [5.74, 6) is 1.27. The van der Waals surface area contributed by atoms with Crippen LogP contribution in [0.25, 0.3) is 0 Å². The van der Waals surface area contributed by atoms with E-state index in [1.807, 2.05) is 43.3 Å². The number of sulfonamides is 1. The topological polar surface area (TPSA) is 92.7 Å². The molecule has 0 aliphatic carbocycles. The van der Waals surface area contributed by atoms with Gasteiger partial charge >= 0.3 is 6.09 Å². The van der Waals surface area contributed by atoms with Crippen LogP contribution in [0.1, 0.15) is 35.8 Å². The molecule has 0 N–H and O–H groups in total. The summed E-state index contributed by atoms with van der Waals surface area (Å²) in [6, 6.07) is 11.7. The molecule has 2 fully saturated rings. The predicted molar refractivity (Wildman–Crippen MR) is 113 cm³/mol. The van der Waals surface area contributed by atoms with Gasteiger partial charge in [-0.25, -0.2) is 27.5 Å². The molecule has 0 spiro atoms. The molecule has 0 unspecified atom stereocenters. The van der Waals surface area contributed by atoms with Gasteiger partial charge in [-0.2, -0.15) is 0 Å². The number of hydrogen-bond donors (Lipinski definition) is 0. The van der Waals surface area contributed by atoms with Crippen molar-refractivity contribution in [2.45, 2.75) is 38.1 Å². The lowest BCUT2D eigenvalue weighted by atomic mass is 9.94. The Bertz CT molecular complexity index is 1020. The Kier molecular flexibility index (Phi) is 5.75. The van der Waals surface area contributed by atoms with Gasteiger partial charge in [0.05, 0.1) is 12.3 Å². The molecule has 4 rings (SSSR count). The molecule has 2 aromatic rings. The highest BCUT2D eigenvalue weighted by atomic mass is 32.2. The molecule has 9 heteroatoms. The number of hydrogen-bond acceptors (Lipinski definition) is 6. The van der Waals surface area contributed by atoms with Crippen LogP contribution in [-0.2, 0) is 21.2 Å². The number of aryl methyl sites for hydroxylation is 1. The van der Waals surface area contributed by atoms with Gasteiger partial charge in [0.15, 0.2) is 0 Å². The first-order chi connectivity index (χ1) is 14.3. The first-order valence-electron chi connectivity index (χ1n) is 10.1. The fraction of sp³-hybridized carbons (Fsp3) is 0.476. The second kappa shape index (κ2) is 8.31. The number of carbonyl (C=O) groups excluding carboxylic acids is 1. The van der Waals surface area contributed by atoms with Crippen molar-refractivity contribution < 1.29 is 17.9 Å². The Morgan fingerprint density at radius 1 is 1.13 bits per heavy atom. The smallest absolute Gasteiger partial charge is 0.415 e. The number of benzene rings is 1. The highest BCUT2D eigenvalue weighted by molar-refractivity contribution is 7.88. The fourth-order valence-corrected chi connectivity index (χ4v) is 5.04. The number of carbonyl (C=O) groups is 1. The fourth-order valence-electron chi connectivity index (χ4n) is 4.17. The quantitative estimate of drug-likeness (QED) is 0.724. The molecule has 0 radical (unpaired) electrons. The third-order valence-electron chi connectivity index (χ3n) is 5.71. The number of cyclic esters (lactones) is 1. The van der Waals surface area contributed by atoms with Crippen molar-refractivity contribution in [1.82, 2.24) is 14.3 Å². The maximum atomic E-state index is 12.5. The van der Waals surface area contributed by atoms with E-state index in [1.54, 1.807) is 4.90 Å². The van der Waals surface area contributed by atoms with E-state index in [4.69, 9.17) is 4.74 Å². The zero-order valence-electron chi connectivity index (χ0n) is 17.2. The number of aromatic nitrogens is 2. The first-order valence-corrected chi connectivity index (χ1v) is 12.0. The van der Waals surface area contributed by atoms with E-state index in [0.717, 1.165) is 11.3 Å². The van der Waals surface area contributed by atoms with Crippen molar-refractivity contribution in [3.8, 4) is 0 Å². The molecule has 30 heavy (non-hydrogen) atoms. The van der Waals surface area contributed by atoms with Crippen LogP contribution in [0, 0.1) is 6.92 Å². The van der Waals surface area contributed by atoms with Crippen LogP contribution in [-0.4, -0.2) is 60.8 Å². The SMILES string of the molecule is Cc1nc(C2CCN(S(C)(=O)=O)CC2)cc(N2C(=O)OC[C@H]2Cc2ccccc2)n1. The summed E-state index contributed by atoms with van der Waals surface area (Å²) in [6.45, 7) is 3.08. The minimum Gasteiger partial charge on any atom is -0.447 e. The van der Waals surface area contributed by atoms with E-state index < -0.39 is 16.1 Å². The summed E-state index contributed by atoms with van der Waals surface area (Å²) in [6.07, 6.45) is 2.91. The number of rotatable bonds is 5. The van der Waals surface area contributed by atoms with E-state index in [2.05, 4.69) is 9.97 Å². The van der Waals surface area contributed by atoms with E-state index in [0.29, 0.717) is 50.6 Å². The number of amides is 1. The standard InChI is InChI=1S/C21H26N4O4S/c1-15-22-19(17-8-10-24(11-9-17)30(2,27)28)13-20(23-15)25-18(14-29-21(25)26)12-16-6-4-3-5-7-16/h3-7,13,17-18H,8-12,14H2,1-2H3/t18-/m1/s1. The maximum absolute atomic E-state index is 12.5. The average Bonchev–Trinajstić information content (AvgIpc) is 3.08. The van der Waals surface area contributed by atoms with Gasteiger partial charge in [-0.15, -0.1) is 0 Å². The van der Waals surface area contributed by atoms with Crippen LogP contribution < -0.4 is 4.90 Å². The summed E-state index contributed by atoms with van der Waals surface area (Å²) in [7, 11) is -3.17. The van der Waals surface area contributed by atoms with Gasteiger partial charge in [0.25, 0.3) is 0 Å². The average molecular weight is 431 g/mol. The van der Waals surface area contributed by atoms with Crippen molar-refractivity contribution in [2.75, 3.05) is 30.9 Å². The Morgan fingerprint density at radius 2 is 1.83 bits per heavy atom. The molecule has 2 aliphatic rings. The van der Waals surface area contributed by atoms with Crippen LogP contribution in [0.15, 0.2) is 36.4 Å². The van der Waals surface area contributed by atoms with Crippen LogP contribution in [0.2, 0.25) is 0 Å². The van der Waals surface area contributed by atoms with Gasteiger partial charge in [-0.3, -0.25) is 4.90 Å². The molecule has 160 valence electrons. The molecule has 2 saturated heterocycles. The highest BCUT2D eigenvalue weighted by Gasteiger charge is 2.36. The number of piperidine rings is 1. The predicted octanol–water partition coefficient (Wildman–Crippen LogP) is 2.49. The summed E-state index contributed by atoms with van der Waals surface area (Å²) in [5.41, 5.74) is 1.98. The molecule has 8 nitrogen and oxygen atoms in total. The van der Waals surface area contributed by atoms with Crippen molar-refractivity contribution in [3.05, 3.63) is 53.5 Å². The Morgan fingerprint density at radius 3 is 2.50 bits per heavy atom. The van der Waals surface area contributed by atoms with E-state index >= 15 is 0 Å². The third kappa shape index (κ3) is 4.46. The molecular formula is C21H26N4O4S. The van der Waals surface area contributed by atoms with E-state index in [-0.39, 0.29) is 12.0 Å². The number of ether oxygens (including phenoxy) is 1. The largest absolute Gasteiger partial charge is 0.447 e. The van der Waals surface area contributed by atoms with Crippen molar-refractivity contribution >= 4 is 21.9 Å². The molecule has 3 heterocycles. The molecule has 1 aromatic heterocycles. The monoisotopic (exact) mass is 430 g/mol. The summed E-state index contributed by atoms with van der Waals surface area (Å²) < 4.78 is 30.4. The zero-order valence-corrected chi connectivity index (χ0v) is 18.0. The Hall–Kier alpha value is -2.52. The summed E-state index contributed by atoms with van der Waals surface area (Å²) >= 11 is 0. The first kappa shape index (κ1) is 20.7. The van der Waals surface area contributed by atoms with Crippen molar-refractivity contribution in [3.63, 3.8) is 0 Å². The molecule has 1 amide bonds. The molecule has 0 saturated carbocycles. The number of anilines is 1. The van der Waals surface area contributed by atoms with Crippen LogP contribution in [0.5, 0.6) is 0 Å². The van der Waals surface area contributed by atoms with Crippen LogP contribution >= 0.6 is 0 Å². The molecule has 2 aliphatic heterocycles. The van der Waals surface area contributed by atoms with Crippen LogP contribution in [0.3, 0.4) is 0 Å². The molecular weight excluding hydrogens is 404 g/mol. The van der Waals surface area contributed by atoms with E-state index in [9.17, 15) is 13.2 Å². The lowest BCUT2D eigenvalue weighted by Gasteiger charge is -2.30. The highest BCUT2D eigenvalue weighted by Crippen LogP contribution is 2.31. The van der Waals surface area contributed by atoms with Gasteiger partial charge < -0.3 is 4.74 Å². The van der Waals surface area contributed by atoms with Gasteiger partial charge in [-0.1, -0.05) is 30.3 Å². The second-order valence-electron chi connectivity index (χ2n) is 7.92. The van der Waals surface area contributed by atoms with Crippen LogP contribution in [0.4, 0.5) is 10.6 Å². The second-order valence-corrected chi connectivity index (χ2v) is 9.91.